The lowest BCUT2D eigenvalue weighted by Crippen LogP contribution is -2.56. The maximum Gasteiger partial charge on any atom is 0.191 e. The van der Waals surface area contributed by atoms with Gasteiger partial charge in [-0.1, -0.05) is 37.3 Å². The molecular weight excluding hydrogens is 298 g/mol. The SMILES string of the molecule is CN=C(NCC1CN(C)CCN1C)NC(C)C(C)c1ccccc1. The van der Waals surface area contributed by atoms with E-state index in [0.717, 1.165) is 32.1 Å². The molecule has 5 heteroatoms. The standard InChI is InChI=1S/C19H33N5/c1-15(17-9-7-6-8-10-17)16(2)22-19(20-3)21-13-18-14-23(4)11-12-24(18)5/h6-10,15-16,18H,11-14H2,1-5H3,(H2,20,21,22). The molecule has 2 N–H and O–H groups in total. The van der Waals surface area contributed by atoms with E-state index in [-0.39, 0.29) is 0 Å². The van der Waals surface area contributed by atoms with Gasteiger partial charge in [-0.3, -0.25) is 9.89 Å². The lowest BCUT2D eigenvalue weighted by atomic mass is 9.94. The molecule has 5 nitrogen and oxygen atoms in total. The minimum absolute atomic E-state index is 0.311. The van der Waals surface area contributed by atoms with E-state index in [1.165, 1.54) is 5.56 Å². The zero-order valence-electron chi connectivity index (χ0n) is 15.8. The van der Waals surface area contributed by atoms with E-state index in [1.807, 2.05) is 7.05 Å². The Balaban J connectivity index is 1.85. The Morgan fingerprint density at radius 3 is 2.58 bits per heavy atom. The molecule has 1 fully saturated rings. The van der Waals surface area contributed by atoms with Gasteiger partial charge in [0, 0.05) is 51.2 Å². The summed E-state index contributed by atoms with van der Waals surface area (Å²) in [4.78, 5) is 9.21. The number of aliphatic imine (C=N–C) groups is 1. The van der Waals surface area contributed by atoms with Crippen LogP contribution < -0.4 is 10.6 Å². The topological polar surface area (TPSA) is 42.9 Å². The molecule has 0 bridgehead atoms. The Bertz CT molecular complexity index is 516. The van der Waals surface area contributed by atoms with Crippen molar-refractivity contribution in [1.82, 2.24) is 20.4 Å². The summed E-state index contributed by atoms with van der Waals surface area (Å²) in [6, 6.07) is 11.5. The number of nitrogens with zero attached hydrogens (tertiary/aromatic N) is 3. The third-order valence-corrected chi connectivity index (χ3v) is 5.15. The molecule has 0 radical (unpaired) electrons. The predicted molar refractivity (Wildman–Crippen MR) is 103 cm³/mol. The van der Waals surface area contributed by atoms with Gasteiger partial charge in [0.15, 0.2) is 5.96 Å². The number of rotatable bonds is 5. The summed E-state index contributed by atoms with van der Waals surface area (Å²) in [5.41, 5.74) is 1.35. The largest absolute Gasteiger partial charge is 0.355 e. The molecule has 1 aromatic carbocycles. The molecule has 1 aliphatic rings. The molecule has 3 atom stereocenters. The molecule has 0 aromatic heterocycles. The minimum atomic E-state index is 0.311. The van der Waals surface area contributed by atoms with Crippen molar-refractivity contribution in [2.24, 2.45) is 4.99 Å². The second kappa shape index (κ2) is 9.04. The number of hydrogen-bond acceptors (Lipinski definition) is 3. The van der Waals surface area contributed by atoms with E-state index in [2.05, 4.69) is 83.7 Å². The Morgan fingerprint density at radius 2 is 1.92 bits per heavy atom. The highest BCUT2D eigenvalue weighted by Crippen LogP contribution is 2.18. The molecule has 1 saturated heterocycles. The lowest BCUT2D eigenvalue weighted by molar-refractivity contribution is 0.116. The predicted octanol–water partition coefficient (Wildman–Crippen LogP) is 1.59. The third-order valence-electron chi connectivity index (χ3n) is 5.15. The van der Waals surface area contributed by atoms with Crippen LogP contribution in [0.1, 0.15) is 25.3 Å². The van der Waals surface area contributed by atoms with Gasteiger partial charge in [-0.2, -0.15) is 0 Å². The fourth-order valence-corrected chi connectivity index (χ4v) is 3.12. The first-order valence-corrected chi connectivity index (χ1v) is 8.92. The molecule has 3 unspecified atom stereocenters. The Morgan fingerprint density at radius 1 is 1.21 bits per heavy atom. The first-order valence-electron chi connectivity index (χ1n) is 8.92. The molecule has 0 saturated carbocycles. The summed E-state index contributed by atoms with van der Waals surface area (Å²) in [7, 11) is 6.23. The molecule has 0 aliphatic carbocycles. The fourth-order valence-electron chi connectivity index (χ4n) is 3.12. The van der Waals surface area contributed by atoms with Crippen molar-refractivity contribution < 1.29 is 0 Å². The van der Waals surface area contributed by atoms with Crippen molar-refractivity contribution in [2.45, 2.75) is 31.8 Å². The minimum Gasteiger partial charge on any atom is -0.355 e. The maximum absolute atomic E-state index is 4.39. The fraction of sp³-hybridized carbons (Fsp3) is 0.632. The van der Waals surface area contributed by atoms with Gasteiger partial charge >= 0.3 is 0 Å². The molecular formula is C19H33N5. The smallest absolute Gasteiger partial charge is 0.191 e. The number of benzene rings is 1. The van der Waals surface area contributed by atoms with Crippen molar-refractivity contribution in [2.75, 3.05) is 47.3 Å². The number of piperazine rings is 1. The van der Waals surface area contributed by atoms with Crippen molar-refractivity contribution in [1.29, 1.82) is 0 Å². The average molecular weight is 332 g/mol. The van der Waals surface area contributed by atoms with Crippen LogP contribution in [0.3, 0.4) is 0 Å². The molecule has 0 amide bonds. The molecule has 0 spiro atoms. The van der Waals surface area contributed by atoms with Crippen LogP contribution in [0.5, 0.6) is 0 Å². The number of guanidine groups is 1. The Kier molecular flexibility index (Phi) is 7.06. The van der Waals surface area contributed by atoms with Crippen LogP contribution in [-0.2, 0) is 0 Å². The van der Waals surface area contributed by atoms with Gasteiger partial charge in [0.25, 0.3) is 0 Å². The van der Waals surface area contributed by atoms with Gasteiger partial charge in [0.2, 0.25) is 0 Å². The van der Waals surface area contributed by atoms with E-state index in [1.54, 1.807) is 0 Å². The second-order valence-electron chi connectivity index (χ2n) is 6.98. The maximum atomic E-state index is 4.39. The highest BCUT2D eigenvalue weighted by atomic mass is 15.3. The van der Waals surface area contributed by atoms with Crippen LogP contribution in [0, 0.1) is 0 Å². The number of nitrogens with one attached hydrogen (secondary N) is 2. The normalized spacial score (nSPS) is 22.9. The van der Waals surface area contributed by atoms with E-state index in [9.17, 15) is 0 Å². The van der Waals surface area contributed by atoms with E-state index >= 15 is 0 Å². The molecule has 134 valence electrons. The van der Waals surface area contributed by atoms with Crippen molar-refractivity contribution >= 4 is 5.96 Å². The lowest BCUT2D eigenvalue weighted by Gasteiger charge is -2.38. The molecule has 24 heavy (non-hydrogen) atoms. The summed E-state index contributed by atoms with van der Waals surface area (Å²) in [5.74, 6) is 1.31. The summed E-state index contributed by atoms with van der Waals surface area (Å²) in [6.07, 6.45) is 0. The summed E-state index contributed by atoms with van der Waals surface area (Å²) >= 11 is 0. The average Bonchev–Trinajstić information content (AvgIpc) is 2.61. The zero-order chi connectivity index (χ0) is 17.5. The summed E-state index contributed by atoms with van der Waals surface area (Å²) in [5, 5.41) is 7.04. The van der Waals surface area contributed by atoms with E-state index < -0.39 is 0 Å². The quantitative estimate of drug-likeness (QED) is 0.635. The van der Waals surface area contributed by atoms with Gasteiger partial charge in [-0.15, -0.1) is 0 Å². The van der Waals surface area contributed by atoms with E-state index in [0.29, 0.717) is 18.0 Å². The second-order valence-corrected chi connectivity index (χ2v) is 6.98. The number of likely N-dealkylation sites (N-methyl/N-ethyl adjacent to an activating group) is 2. The van der Waals surface area contributed by atoms with Crippen LogP contribution in [0.2, 0.25) is 0 Å². The van der Waals surface area contributed by atoms with Crippen molar-refractivity contribution in [3.8, 4) is 0 Å². The van der Waals surface area contributed by atoms with Gasteiger partial charge in [-0.05, 0) is 26.6 Å². The van der Waals surface area contributed by atoms with Crippen LogP contribution in [0.15, 0.2) is 35.3 Å². The first-order chi connectivity index (χ1) is 11.5. The number of hydrogen-bond donors (Lipinski definition) is 2. The highest BCUT2D eigenvalue weighted by molar-refractivity contribution is 5.80. The zero-order valence-corrected chi connectivity index (χ0v) is 15.8. The van der Waals surface area contributed by atoms with Gasteiger partial charge in [0.05, 0.1) is 0 Å². The van der Waals surface area contributed by atoms with Gasteiger partial charge < -0.3 is 15.5 Å². The van der Waals surface area contributed by atoms with Gasteiger partial charge in [-0.25, -0.2) is 0 Å². The van der Waals surface area contributed by atoms with Crippen LogP contribution in [0.4, 0.5) is 0 Å². The Hall–Kier alpha value is -1.59. The molecule has 2 rings (SSSR count). The highest BCUT2D eigenvalue weighted by Gasteiger charge is 2.22. The monoisotopic (exact) mass is 331 g/mol. The van der Waals surface area contributed by atoms with Crippen molar-refractivity contribution in [3.63, 3.8) is 0 Å². The van der Waals surface area contributed by atoms with Crippen molar-refractivity contribution in [3.05, 3.63) is 35.9 Å². The molecule has 1 heterocycles. The Labute approximate surface area is 147 Å². The van der Waals surface area contributed by atoms with Crippen LogP contribution in [-0.4, -0.2) is 75.2 Å². The van der Waals surface area contributed by atoms with Crippen LogP contribution >= 0.6 is 0 Å². The van der Waals surface area contributed by atoms with Crippen LogP contribution in [0.25, 0.3) is 0 Å². The van der Waals surface area contributed by atoms with Gasteiger partial charge in [0.1, 0.15) is 0 Å². The third kappa shape index (κ3) is 5.21. The van der Waals surface area contributed by atoms with E-state index in [4.69, 9.17) is 0 Å². The first kappa shape index (κ1) is 18.7. The summed E-state index contributed by atoms with van der Waals surface area (Å²) < 4.78 is 0. The summed E-state index contributed by atoms with van der Waals surface area (Å²) in [6.45, 7) is 8.74. The molecule has 1 aromatic rings. The molecule has 1 aliphatic heterocycles.